The molecular formula is C18H15FN2O4. The molecule has 0 radical (unpaired) electrons. The topological polar surface area (TPSA) is 80.6 Å². The zero-order valence-electron chi connectivity index (χ0n) is 13.3. The molecule has 0 spiro atoms. The van der Waals surface area contributed by atoms with E-state index in [1.54, 1.807) is 19.1 Å². The van der Waals surface area contributed by atoms with Crippen molar-refractivity contribution in [1.82, 2.24) is 10.9 Å². The van der Waals surface area contributed by atoms with E-state index >= 15 is 0 Å². The van der Waals surface area contributed by atoms with Crippen LogP contribution in [0, 0.1) is 12.7 Å². The molecule has 2 aromatic carbocycles. The highest BCUT2D eigenvalue weighted by atomic mass is 19.1. The van der Waals surface area contributed by atoms with E-state index in [2.05, 4.69) is 10.9 Å². The first-order chi connectivity index (χ1) is 12.0. The van der Waals surface area contributed by atoms with Crippen LogP contribution >= 0.6 is 0 Å². The second-order valence-electron chi connectivity index (χ2n) is 5.30. The Morgan fingerprint density at radius 2 is 1.92 bits per heavy atom. The van der Waals surface area contributed by atoms with Crippen LogP contribution in [0.15, 0.2) is 52.9 Å². The van der Waals surface area contributed by atoms with Crippen LogP contribution in [0.1, 0.15) is 16.1 Å². The SMILES string of the molecule is Cc1c(C(=O)NNC(=O)COc2cccc(F)c2)oc2ccccc12. The van der Waals surface area contributed by atoms with E-state index in [0.29, 0.717) is 11.1 Å². The number of para-hydroxylation sites is 1. The normalized spacial score (nSPS) is 10.5. The van der Waals surface area contributed by atoms with Crippen molar-refractivity contribution in [3.63, 3.8) is 0 Å². The fourth-order valence-electron chi connectivity index (χ4n) is 2.32. The van der Waals surface area contributed by atoms with Gasteiger partial charge in [0, 0.05) is 17.0 Å². The fourth-order valence-corrected chi connectivity index (χ4v) is 2.32. The van der Waals surface area contributed by atoms with Crippen molar-refractivity contribution >= 4 is 22.8 Å². The third kappa shape index (κ3) is 3.77. The van der Waals surface area contributed by atoms with Gasteiger partial charge in [0.25, 0.3) is 5.91 Å². The molecule has 0 aliphatic rings. The van der Waals surface area contributed by atoms with Gasteiger partial charge in [0.1, 0.15) is 17.1 Å². The Kier molecular flexibility index (Phi) is 4.65. The highest BCUT2D eigenvalue weighted by Gasteiger charge is 2.17. The van der Waals surface area contributed by atoms with Crippen molar-refractivity contribution < 1.29 is 23.1 Å². The average Bonchev–Trinajstić information content (AvgIpc) is 2.95. The summed E-state index contributed by atoms with van der Waals surface area (Å²) in [6.07, 6.45) is 0. The predicted molar refractivity (Wildman–Crippen MR) is 88.5 cm³/mol. The van der Waals surface area contributed by atoms with Crippen molar-refractivity contribution in [2.45, 2.75) is 6.92 Å². The molecule has 7 heteroatoms. The number of nitrogens with one attached hydrogen (secondary N) is 2. The molecule has 0 saturated heterocycles. The van der Waals surface area contributed by atoms with Crippen LogP contribution in [0.5, 0.6) is 5.75 Å². The molecule has 0 aliphatic carbocycles. The molecule has 3 rings (SSSR count). The molecule has 3 aromatic rings. The van der Waals surface area contributed by atoms with Gasteiger partial charge < -0.3 is 9.15 Å². The molecule has 0 fully saturated rings. The van der Waals surface area contributed by atoms with E-state index in [1.165, 1.54) is 18.2 Å². The highest BCUT2D eigenvalue weighted by molar-refractivity contribution is 5.99. The van der Waals surface area contributed by atoms with E-state index in [0.717, 1.165) is 11.5 Å². The highest BCUT2D eigenvalue weighted by Crippen LogP contribution is 2.24. The number of aryl methyl sites for hydroxylation is 1. The summed E-state index contributed by atoms with van der Waals surface area (Å²) in [7, 11) is 0. The lowest BCUT2D eigenvalue weighted by Gasteiger charge is -2.08. The van der Waals surface area contributed by atoms with Gasteiger partial charge in [-0.3, -0.25) is 20.4 Å². The van der Waals surface area contributed by atoms with Crippen molar-refractivity contribution in [2.75, 3.05) is 6.61 Å². The summed E-state index contributed by atoms with van der Waals surface area (Å²) < 4.78 is 23.6. The summed E-state index contributed by atoms with van der Waals surface area (Å²) in [6, 6.07) is 12.7. The van der Waals surface area contributed by atoms with Crippen LogP contribution < -0.4 is 15.6 Å². The van der Waals surface area contributed by atoms with Crippen molar-refractivity contribution in [1.29, 1.82) is 0 Å². The number of ether oxygens (including phenoxy) is 1. The van der Waals surface area contributed by atoms with Gasteiger partial charge in [-0.2, -0.15) is 0 Å². The lowest BCUT2D eigenvalue weighted by Crippen LogP contribution is -2.43. The molecule has 2 amide bonds. The Morgan fingerprint density at radius 1 is 1.12 bits per heavy atom. The molecule has 0 saturated carbocycles. The van der Waals surface area contributed by atoms with Gasteiger partial charge in [-0.25, -0.2) is 4.39 Å². The summed E-state index contributed by atoms with van der Waals surface area (Å²) in [5.41, 5.74) is 5.75. The molecule has 6 nitrogen and oxygen atoms in total. The summed E-state index contributed by atoms with van der Waals surface area (Å²) in [6.45, 7) is 1.39. The Hall–Kier alpha value is -3.35. The van der Waals surface area contributed by atoms with Crippen molar-refractivity contribution in [3.05, 3.63) is 65.7 Å². The Balaban J connectivity index is 1.56. The standard InChI is InChI=1S/C18H15FN2O4/c1-11-14-7-2-3-8-15(14)25-17(11)18(23)21-20-16(22)10-24-13-6-4-5-12(19)9-13/h2-9H,10H2,1H3,(H,20,22)(H,21,23). The summed E-state index contributed by atoms with van der Waals surface area (Å²) in [5.74, 6) is -1.30. The fraction of sp³-hybridized carbons (Fsp3) is 0.111. The molecule has 0 atom stereocenters. The van der Waals surface area contributed by atoms with Gasteiger partial charge in [-0.1, -0.05) is 24.3 Å². The first kappa shape index (κ1) is 16.5. The first-order valence-electron chi connectivity index (χ1n) is 7.50. The molecule has 0 aliphatic heterocycles. The maximum absolute atomic E-state index is 13.0. The molecular weight excluding hydrogens is 327 g/mol. The summed E-state index contributed by atoms with van der Waals surface area (Å²) >= 11 is 0. The van der Waals surface area contributed by atoms with Gasteiger partial charge in [0.15, 0.2) is 12.4 Å². The Morgan fingerprint density at radius 3 is 2.68 bits per heavy atom. The third-order valence-electron chi connectivity index (χ3n) is 3.53. The van der Waals surface area contributed by atoms with E-state index in [-0.39, 0.29) is 18.1 Å². The largest absolute Gasteiger partial charge is 0.484 e. The number of carbonyl (C=O) groups is 2. The first-order valence-corrected chi connectivity index (χ1v) is 7.50. The van der Waals surface area contributed by atoms with E-state index in [1.807, 2.05) is 12.1 Å². The maximum Gasteiger partial charge on any atom is 0.305 e. The number of amides is 2. The zero-order valence-corrected chi connectivity index (χ0v) is 13.3. The van der Waals surface area contributed by atoms with Crippen molar-refractivity contribution in [2.24, 2.45) is 0 Å². The number of hydrazine groups is 1. The number of carbonyl (C=O) groups excluding carboxylic acids is 2. The lowest BCUT2D eigenvalue weighted by atomic mass is 10.1. The number of rotatable bonds is 4. The molecule has 1 heterocycles. The summed E-state index contributed by atoms with van der Waals surface area (Å²) in [5, 5.41) is 0.827. The number of hydrogen-bond donors (Lipinski definition) is 2. The van der Waals surface area contributed by atoms with Crippen LogP contribution in [0.25, 0.3) is 11.0 Å². The van der Waals surface area contributed by atoms with E-state index in [9.17, 15) is 14.0 Å². The van der Waals surface area contributed by atoms with Gasteiger partial charge in [0.2, 0.25) is 0 Å². The molecule has 128 valence electrons. The number of furan rings is 1. The van der Waals surface area contributed by atoms with Gasteiger partial charge in [-0.15, -0.1) is 0 Å². The van der Waals surface area contributed by atoms with Crippen LogP contribution in [0.3, 0.4) is 0 Å². The Labute approximate surface area is 142 Å². The monoisotopic (exact) mass is 342 g/mol. The molecule has 1 aromatic heterocycles. The minimum atomic E-state index is -0.591. The van der Waals surface area contributed by atoms with Gasteiger partial charge in [0.05, 0.1) is 0 Å². The lowest BCUT2D eigenvalue weighted by molar-refractivity contribution is -0.123. The Bertz CT molecular complexity index is 936. The zero-order chi connectivity index (χ0) is 17.8. The number of benzene rings is 2. The summed E-state index contributed by atoms with van der Waals surface area (Å²) in [4.78, 5) is 23.9. The van der Waals surface area contributed by atoms with Crippen LogP contribution in [0.4, 0.5) is 4.39 Å². The minimum Gasteiger partial charge on any atom is -0.484 e. The second kappa shape index (κ2) is 7.04. The maximum atomic E-state index is 13.0. The smallest absolute Gasteiger partial charge is 0.305 e. The predicted octanol–water partition coefficient (Wildman–Crippen LogP) is 2.72. The molecule has 0 bridgehead atoms. The number of hydrogen-bond acceptors (Lipinski definition) is 4. The second-order valence-corrected chi connectivity index (χ2v) is 5.30. The van der Waals surface area contributed by atoms with Crippen LogP contribution in [-0.2, 0) is 4.79 Å². The molecule has 2 N–H and O–H groups in total. The van der Waals surface area contributed by atoms with E-state index in [4.69, 9.17) is 9.15 Å². The van der Waals surface area contributed by atoms with Crippen molar-refractivity contribution in [3.8, 4) is 5.75 Å². The van der Waals surface area contributed by atoms with Gasteiger partial charge in [-0.05, 0) is 25.1 Å². The molecule has 25 heavy (non-hydrogen) atoms. The number of fused-ring (bicyclic) bond motifs is 1. The molecule has 0 unspecified atom stereocenters. The van der Waals surface area contributed by atoms with Gasteiger partial charge >= 0.3 is 5.91 Å². The number of halogens is 1. The average molecular weight is 342 g/mol. The van der Waals surface area contributed by atoms with E-state index < -0.39 is 17.6 Å². The minimum absolute atomic E-state index is 0.118. The third-order valence-corrected chi connectivity index (χ3v) is 3.53. The quantitative estimate of drug-likeness (QED) is 0.715. The van der Waals surface area contributed by atoms with Crippen LogP contribution in [-0.4, -0.2) is 18.4 Å². The van der Waals surface area contributed by atoms with Crippen LogP contribution in [0.2, 0.25) is 0 Å².